The maximum Gasteiger partial charge on any atom is 0.0691 e. The van der Waals surface area contributed by atoms with E-state index in [0.29, 0.717) is 13.2 Å². The van der Waals surface area contributed by atoms with Crippen LogP contribution >= 0.6 is 0 Å². The number of aliphatic hydroxyl groups is 1. The van der Waals surface area contributed by atoms with E-state index in [1.54, 1.807) is 0 Å². The Balaban J connectivity index is 2.17. The minimum Gasteiger partial charge on any atom is -0.390 e. The Morgan fingerprint density at radius 1 is 1.25 bits per heavy atom. The molecule has 0 amide bonds. The molecule has 1 fully saturated rings. The van der Waals surface area contributed by atoms with E-state index in [9.17, 15) is 5.11 Å². The zero-order chi connectivity index (χ0) is 8.86. The lowest BCUT2D eigenvalue weighted by atomic mass is 9.89. The molecule has 0 aromatic rings. The van der Waals surface area contributed by atoms with Crippen molar-refractivity contribution >= 4 is 0 Å². The van der Waals surface area contributed by atoms with E-state index in [4.69, 9.17) is 10.5 Å². The third-order valence-corrected chi connectivity index (χ3v) is 2.52. The summed E-state index contributed by atoms with van der Waals surface area (Å²) in [6.07, 6.45) is 4.51. The van der Waals surface area contributed by atoms with Crippen LogP contribution in [0.3, 0.4) is 0 Å². The summed E-state index contributed by atoms with van der Waals surface area (Å²) in [6, 6.07) is 0. The van der Waals surface area contributed by atoms with Gasteiger partial charge in [0, 0.05) is 13.2 Å². The van der Waals surface area contributed by atoms with E-state index in [2.05, 4.69) is 0 Å². The van der Waals surface area contributed by atoms with Crippen molar-refractivity contribution in [2.75, 3.05) is 19.8 Å². The fourth-order valence-electron chi connectivity index (χ4n) is 1.60. The lowest BCUT2D eigenvalue weighted by Gasteiger charge is -2.31. The minimum absolute atomic E-state index is 0.451. The highest BCUT2D eigenvalue weighted by atomic mass is 16.5. The minimum atomic E-state index is -0.451. The first-order valence-electron chi connectivity index (χ1n) is 4.77. The standard InChI is InChI=1S/C9H19NO2/c10-6-2-1-3-9(11)4-7-12-8-5-9/h11H,1-8,10H2. The monoisotopic (exact) mass is 173 g/mol. The van der Waals surface area contributed by atoms with Crippen LogP contribution in [0.4, 0.5) is 0 Å². The van der Waals surface area contributed by atoms with Crippen LogP contribution in [0.15, 0.2) is 0 Å². The molecular formula is C9H19NO2. The Labute approximate surface area is 73.9 Å². The van der Waals surface area contributed by atoms with E-state index in [1.807, 2.05) is 0 Å². The van der Waals surface area contributed by atoms with Crippen molar-refractivity contribution in [2.45, 2.75) is 37.7 Å². The van der Waals surface area contributed by atoms with E-state index < -0.39 is 5.60 Å². The van der Waals surface area contributed by atoms with Crippen LogP contribution in [-0.2, 0) is 4.74 Å². The van der Waals surface area contributed by atoms with Crippen LogP contribution in [0.1, 0.15) is 32.1 Å². The molecule has 0 radical (unpaired) electrons. The molecule has 3 heteroatoms. The first kappa shape index (κ1) is 9.96. The number of ether oxygens (including phenoxy) is 1. The zero-order valence-electron chi connectivity index (χ0n) is 7.59. The molecule has 0 spiro atoms. The number of unbranched alkanes of at least 4 members (excludes halogenated alkanes) is 1. The molecule has 0 unspecified atom stereocenters. The molecule has 0 bridgehead atoms. The van der Waals surface area contributed by atoms with Crippen LogP contribution in [0.5, 0.6) is 0 Å². The molecule has 1 heterocycles. The predicted molar refractivity (Wildman–Crippen MR) is 47.9 cm³/mol. The predicted octanol–water partition coefficient (Wildman–Crippen LogP) is 0.657. The fourth-order valence-corrected chi connectivity index (χ4v) is 1.60. The Hall–Kier alpha value is -0.120. The van der Waals surface area contributed by atoms with Gasteiger partial charge in [-0.2, -0.15) is 0 Å². The topological polar surface area (TPSA) is 55.5 Å². The van der Waals surface area contributed by atoms with Gasteiger partial charge >= 0.3 is 0 Å². The largest absolute Gasteiger partial charge is 0.390 e. The van der Waals surface area contributed by atoms with E-state index in [0.717, 1.165) is 38.6 Å². The van der Waals surface area contributed by atoms with Gasteiger partial charge < -0.3 is 15.6 Å². The van der Waals surface area contributed by atoms with E-state index in [-0.39, 0.29) is 0 Å². The van der Waals surface area contributed by atoms with Crippen molar-refractivity contribution in [3.8, 4) is 0 Å². The summed E-state index contributed by atoms with van der Waals surface area (Å²) in [5.41, 5.74) is 4.93. The van der Waals surface area contributed by atoms with E-state index >= 15 is 0 Å². The van der Waals surface area contributed by atoms with Crippen LogP contribution in [0.25, 0.3) is 0 Å². The molecule has 3 N–H and O–H groups in total. The van der Waals surface area contributed by atoms with E-state index in [1.165, 1.54) is 0 Å². The van der Waals surface area contributed by atoms with Crippen molar-refractivity contribution < 1.29 is 9.84 Å². The second kappa shape index (κ2) is 4.80. The van der Waals surface area contributed by atoms with Crippen molar-refractivity contribution in [3.05, 3.63) is 0 Å². The molecular weight excluding hydrogens is 154 g/mol. The lowest BCUT2D eigenvalue weighted by molar-refractivity contribution is -0.0689. The van der Waals surface area contributed by atoms with Crippen molar-refractivity contribution in [1.82, 2.24) is 0 Å². The normalized spacial score (nSPS) is 22.5. The van der Waals surface area contributed by atoms with Gasteiger partial charge in [0.25, 0.3) is 0 Å². The van der Waals surface area contributed by atoms with Crippen molar-refractivity contribution in [3.63, 3.8) is 0 Å². The Morgan fingerprint density at radius 3 is 2.50 bits per heavy atom. The van der Waals surface area contributed by atoms with Gasteiger partial charge in [-0.15, -0.1) is 0 Å². The van der Waals surface area contributed by atoms with Gasteiger partial charge in [0.05, 0.1) is 5.60 Å². The molecule has 72 valence electrons. The van der Waals surface area contributed by atoms with Gasteiger partial charge in [-0.25, -0.2) is 0 Å². The first-order chi connectivity index (χ1) is 5.77. The number of hydrogen-bond donors (Lipinski definition) is 2. The Morgan fingerprint density at radius 2 is 1.92 bits per heavy atom. The fraction of sp³-hybridized carbons (Fsp3) is 1.00. The molecule has 0 saturated carbocycles. The third-order valence-electron chi connectivity index (χ3n) is 2.52. The van der Waals surface area contributed by atoms with Gasteiger partial charge in [-0.1, -0.05) is 0 Å². The molecule has 1 aliphatic rings. The number of hydrogen-bond acceptors (Lipinski definition) is 3. The van der Waals surface area contributed by atoms with Crippen LogP contribution in [0, 0.1) is 0 Å². The van der Waals surface area contributed by atoms with Gasteiger partial charge in [0.2, 0.25) is 0 Å². The van der Waals surface area contributed by atoms with Gasteiger partial charge in [0.15, 0.2) is 0 Å². The zero-order valence-corrected chi connectivity index (χ0v) is 7.59. The molecule has 0 aromatic heterocycles. The average Bonchev–Trinajstić information content (AvgIpc) is 2.06. The highest BCUT2D eigenvalue weighted by molar-refractivity contribution is 4.80. The molecule has 1 aliphatic heterocycles. The first-order valence-corrected chi connectivity index (χ1v) is 4.77. The smallest absolute Gasteiger partial charge is 0.0691 e. The number of rotatable bonds is 4. The Kier molecular flexibility index (Phi) is 3.98. The van der Waals surface area contributed by atoms with Crippen LogP contribution in [-0.4, -0.2) is 30.5 Å². The van der Waals surface area contributed by atoms with Crippen LogP contribution < -0.4 is 5.73 Å². The van der Waals surface area contributed by atoms with Gasteiger partial charge in [-0.3, -0.25) is 0 Å². The summed E-state index contributed by atoms with van der Waals surface area (Å²) in [5, 5.41) is 9.98. The molecule has 1 saturated heterocycles. The van der Waals surface area contributed by atoms with Crippen LogP contribution in [0.2, 0.25) is 0 Å². The third kappa shape index (κ3) is 3.09. The second-order valence-corrected chi connectivity index (χ2v) is 3.58. The van der Waals surface area contributed by atoms with Crippen molar-refractivity contribution in [1.29, 1.82) is 0 Å². The summed E-state index contributed by atoms with van der Waals surface area (Å²) in [7, 11) is 0. The summed E-state index contributed by atoms with van der Waals surface area (Å²) in [5.74, 6) is 0. The lowest BCUT2D eigenvalue weighted by Crippen LogP contribution is -2.36. The number of nitrogens with two attached hydrogens (primary N) is 1. The molecule has 3 nitrogen and oxygen atoms in total. The van der Waals surface area contributed by atoms with Crippen molar-refractivity contribution in [2.24, 2.45) is 5.73 Å². The molecule has 1 rings (SSSR count). The summed E-state index contributed by atoms with van der Waals surface area (Å²) in [6.45, 7) is 2.14. The maximum absolute atomic E-state index is 9.98. The summed E-state index contributed by atoms with van der Waals surface area (Å²) < 4.78 is 5.19. The van der Waals surface area contributed by atoms with Gasteiger partial charge in [-0.05, 0) is 38.6 Å². The summed E-state index contributed by atoms with van der Waals surface area (Å²) in [4.78, 5) is 0. The second-order valence-electron chi connectivity index (χ2n) is 3.58. The SMILES string of the molecule is NCCCCC1(O)CCOCC1. The van der Waals surface area contributed by atoms with Gasteiger partial charge in [0.1, 0.15) is 0 Å². The molecule has 0 atom stereocenters. The molecule has 12 heavy (non-hydrogen) atoms. The molecule has 0 aliphatic carbocycles. The maximum atomic E-state index is 9.98. The average molecular weight is 173 g/mol. The summed E-state index contributed by atoms with van der Waals surface area (Å²) >= 11 is 0. The highest BCUT2D eigenvalue weighted by Gasteiger charge is 2.28. The quantitative estimate of drug-likeness (QED) is 0.614. The molecule has 0 aromatic carbocycles. The highest BCUT2D eigenvalue weighted by Crippen LogP contribution is 2.25. The Bertz CT molecular complexity index is 122.